The Morgan fingerprint density at radius 1 is 1.21 bits per heavy atom. The van der Waals surface area contributed by atoms with Gasteiger partial charge in [0.2, 0.25) is 0 Å². The SMILES string of the molecule is CC(C)[C@H](N)c1cccc2cc[nH]c12. The van der Waals surface area contributed by atoms with E-state index in [1.54, 1.807) is 0 Å². The van der Waals surface area contributed by atoms with Crippen LogP contribution in [-0.4, -0.2) is 4.98 Å². The highest BCUT2D eigenvalue weighted by atomic mass is 14.7. The van der Waals surface area contributed by atoms with Crippen LogP contribution in [0.5, 0.6) is 0 Å². The molecule has 0 spiro atoms. The summed E-state index contributed by atoms with van der Waals surface area (Å²) in [5, 5.41) is 1.23. The number of para-hydroxylation sites is 1. The summed E-state index contributed by atoms with van der Waals surface area (Å²) in [6.45, 7) is 4.29. The van der Waals surface area contributed by atoms with E-state index in [-0.39, 0.29) is 6.04 Å². The van der Waals surface area contributed by atoms with Gasteiger partial charge in [0.1, 0.15) is 0 Å². The number of aromatic amines is 1. The van der Waals surface area contributed by atoms with E-state index in [4.69, 9.17) is 5.73 Å². The summed E-state index contributed by atoms with van der Waals surface area (Å²) in [5.41, 5.74) is 8.53. The van der Waals surface area contributed by atoms with Gasteiger partial charge >= 0.3 is 0 Å². The van der Waals surface area contributed by atoms with Crippen molar-refractivity contribution < 1.29 is 0 Å². The summed E-state index contributed by atoms with van der Waals surface area (Å²) in [5.74, 6) is 0.462. The second-order valence-corrected chi connectivity index (χ2v) is 4.06. The molecule has 0 saturated carbocycles. The average molecular weight is 188 g/mol. The normalized spacial score (nSPS) is 13.7. The molecule has 1 atom stereocenters. The molecule has 0 radical (unpaired) electrons. The predicted molar refractivity (Wildman–Crippen MR) is 60.1 cm³/mol. The summed E-state index contributed by atoms with van der Waals surface area (Å²) < 4.78 is 0. The van der Waals surface area contributed by atoms with Gasteiger partial charge in [-0.05, 0) is 22.9 Å². The van der Waals surface area contributed by atoms with Gasteiger partial charge in [-0.1, -0.05) is 32.0 Å². The van der Waals surface area contributed by atoms with E-state index >= 15 is 0 Å². The molecule has 0 bridgehead atoms. The number of nitrogens with two attached hydrogens (primary N) is 1. The molecule has 0 saturated heterocycles. The molecule has 3 N–H and O–H groups in total. The first-order valence-electron chi connectivity index (χ1n) is 5.01. The van der Waals surface area contributed by atoms with Gasteiger partial charge in [0.25, 0.3) is 0 Å². The van der Waals surface area contributed by atoms with Gasteiger partial charge in [0.05, 0.1) is 5.52 Å². The zero-order chi connectivity index (χ0) is 10.1. The number of rotatable bonds is 2. The van der Waals surface area contributed by atoms with Gasteiger partial charge in [-0.25, -0.2) is 0 Å². The molecule has 0 aliphatic rings. The number of nitrogens with one attached hydrogen (secondary N) is 1. The van der Waals surface area contributed by atoms with Gasteiger partial charge in [0, 0.05) is 12.2 Å². The lowest BCUT2D eigenvalue weighted by Crippen LogP contribution is -2.16. The summed E-state index contributed by atoms with van der Waals surface area (Å²) >= 11 is 0. The minimum Gasteiger partial charge on any atom is -0.361 e. The Hall–Kier alpha value is -1.28. The summed E-state index contributed by atoms with van der Waals surface area (Å²) in [7, 11) is 0. The van der Waals surface area contributed by atoms with Crippen molar-refractivity contribution in [2.75, 3.05) is 0 Å². The molecule has 0 amide bonds. The van der Waals surface area contributed by atoms with Crippen molar-refractivity contribution >= 4 is 10.9 Å². The Morgan fingerprint density at radius 2 is 2.00 bits per heavy atom. The minimum absolute atomic E-state index is 0.109. The molecule has 1 aromatic carbocycles. The van der Waals surface area contributed by atoms with Gasteiger partial charge in [-0.3, -0.25) is 0 Å². The van der Waals surface area contributed by atoms with E-state index in [1.165, 1.54) is 16.5 Å². The van der Waals surface area contributed by atoms with Crippen molar-refractivity contribution in [1.29, 1.82) is 0 Å². The monoisotopic (exact) mass is 188 g/mol. The molecule has 0 unspecified atom stereocenters. The van der Waals surface area contributed by atoms with E-state index in [2.05, 4.69) is 43.1 Å². The van der Waals surface area contributed by atoms with Crippen molar-refractivity contribution in [2.45, 2.75) is 19.9 Å². The van der Waals surface area contributed by atoms with Crippen LogP contribution in [0.2, 0.25) is 0 Å². The van der Waals surface area contributed by atoms with Crippen LogP contribution in [0.1, 0.15) is 25.5 Å². The van der Waals surface area contributed by atoms with Crippen molar-refractivity contribution in [3.63, 3.8) is 0 Å². The molecule has 2 nitrogen and oxygen atoms in total. The fourth-order valence-electron chi connectivity index (χ4n) is 1.75. The van der Waals surface area contributed by atoms with Crippen LogP contribution in [-0.2, 0) is 0 Å². The molecule has 0 aliphatic heterocycles. The molecule has 1 heterocycles. The van der Waals surface area contributed by atoms with Crippen molar-refractivity contribution in [2.24, 2.45) is 11.7 Å². The van der Waals surface area contributed by atoms with Crippen molar-refractivity contribution in [1.82, 2.24) is 4.98 Å². The molecule has 2 rings (SSSR count). The van der Waals surface area contributed by atoms with Crippen molar-refractivity contribution in [3.8, 4) is 0 Å². The summed E-state index contributed by atoms with van der Waals surface area (Å²) in [4.78, 5) is 3.24. The van der Waals surface area contributed by atoms with E-state index in [0.717, 1.165) is 0 Å². The Bertz CT molecular complexity index is 429. The van der Waals surface area contributed by atoms with Gasteiger partial charge in [-0.15, -0.1) is 0 Å². The maximum Gasteiger partial charge on any atom is 0.0502 e. The Labute approximate surface area is 84.1 Å². The molecule has 74 valence electrons. The Kier molecular flexibility index (Phi) is 2.30. The first-order valence-corrected chi connectivity index (χ1v) is 5.01. The zero-order valence-electron chi connectivity index (χ0n) is 8.62. The molecule has 2 aromatic rings. The lowest BCUT2D eigenvalue weighted by atomic mass is 9.95. The van der Waals surface area contributed by atoms with E-state index in [0.29, 0.717) is 5.92 Å². The molecule has 2 heteroatoms. The fraction of sp³-hybridized carbons (Fsp3) is 0.333. The predicted octanol–water partition coefficient (Wildman–Crippen LogP) is 2.82. The lowest BCUT2D eigenvalue weighted by Gasteiger charge is -2.16. The first kappa shape index (κ1) is 9.28. The third-order valence-electron chi connectivity index (χ3n) is 2.70. The number of hydrogen-bond donors (Lipinski definition) is 2. The van der Waals surface area contributed by atoms with Gasteiger partial charge < -0.3 is 10.7 Å². The quantitative estimate of drug-likeness (QED) is 0.747. The highest BCUT2D eigenvalue weighted by Gasteiger charge is 2.13. The topological polar surface area (TPSA) is 41.8 Å². The van der Waals surface area contributed by atoms with Crippen LogP contribution in [0.4, 0.5) is 0 Å². The number of fused-ring (bicyclic) bond motifs is 1. The first-order chi connectivity index (χ1) is 6.70. The van der Waals surface area contributed by atoms with E-state index < -0.39 is 0 Å². The van der Waals surface area contributed by atoms with E-state index in [1.807, 2.05) is 6.20 Å². The number of aromatic nitrogens is 1. The molecule has 0 aliphatic carbocycles. The Balaban J connectivity index is 2.56. The third kappa shape index (κ3) is 1.42. The summed E-state index contributed by atoms with van der Waals surface area (Å²) in [6.07, 6.45) is 1.96. The number of hydrogen-bond acceptors (Lipinski definition) is 1. The maximum absolute atomic E-state index is 6.14. The van der Waals surface area contributed by atoms with Crippen LogP contribution >= 0.6 is 0 Å². The van der Waals surface area contributed by atoms with Crippen LogP contribution in [0, 0.1) is 5.92 Å². The standard InChI is InChI=1S/C12H16N2/c1-8(2)11(13)10-5-3-4-9-6-7-14-12(9)10/h3-8,11,14H,13H2,1-2H3/t11-/m0/s1. The maximum atomic E-state index is 6.14. The van der Waals surface area contributed by atoms with Gasteiger partial charge in [0.15, 0.2) is 0 Å². The zero-order valence-corrected chi connectivity index (χ0v) is 8.62. The van der Waals surface area contributed by atoms with Crippen LogP contribution in [0.15, 0.2) is 30.5 Å². The lowest BCUT2D eigenvalue weighted by molar-refractivity contribution is 0.517. The second-order valence-electron chi connectivity index (χ2n) is 4.06. The minimum atomic E-state index is 0.109. The molecular weight excluding hydrogens is 172 g/mol. The highest BCUT2D eigenvalue weighted by Crippen LogP contribution is 2.25. The highest BCUT2D eigenvalue weighted by molar-refractivity contribution is 5.82. The number of H-pyrrole nitrogens is 1. The molecule has 0 fully saturated rings. The van der Waals surface area contributed by atoms with Gasteiger partial charge in [-0.2, -0.15) is 0 Å². The van der Waals surface area contributed by atoms with Crippen LogP contribution in [0.3, 0.4) is 0 Å². The average Bonchev–Trinajstić information content (AvgIpc) is 2.63. The smallest absolute Gasteiger partial charge is 0.0502 e. The van der Waals surface area contributed by atoms with Crippen molar-refractivity contribution in [3.05, 3.63) is 36.0 Å². The fourth-order valence-corrected chi connectivity index (χ4v) is 1.75. The second kappa shape index (κ2) is 3.46. The largest absolute Gasteiger partial charge is 0.361 e. The molecule has 1 aromatic heterocycles. The summed E-state index contributed by atoms with van der Waals surface area (Å²) in [6, 6.07) is 8.45. The van der Waals surface area contributed by atoms with Crippen LogP contribution in [0.25, 0.3) is 10.9 Å². The third-order valence-corrected chi connectivity index (χ3v) is 2.70. The molecular formula is C12H16N2. The Morgan fingerprint density at radius 3 is 2.71 bits per heavy atom. The van der Waals surface area contributed by atoms with Crippen LogP contribution < -0.4 is 5.73 Å². The molecule has 14 heavy (non-hydrogen) atoms. The van der Waals surface area contributed by atoms with E-state index in [9.17, 15) is 0 Å². The number of benzene rings is 1.